The molecule has 0 saturated heterocycles. The summed E-state index contributed by atoms with van der Waals surface area (Å²) < 4.78 is 10.9. The molecule has 0 aliphatic heterocycles. The van der Waals surface area contributed by atoms with E-state index in [1.54, 1.807) is 42.5 Å². The number of esters is 1. The Labute approximate surface area is 179 Å². The number of hydrogen-bond acceptors (Lipinski definition) is 6. The zero-order valence-corrected chi connectivity index (χ0v) is 17.0. The zero-order chi connectivity index (χ0) is 21.5. The molecule has 0 atom stereocenters. The van der Waals surface area contributed by atoms with Crippen LogP contribution >= 0.6 is 15.9 Å². The van der Waals surface area contributed by atoms with Crippen molar-refractivity contribution < 1.29 is 23.7 Å². The first-order valence-electron chi connectivity index (χ1n) is 8.65. The highest BCUT2D eigenvalue weighted by Crippen LogP contribution is 2.18. The first-order valence-corrected chi connectivity index (χ1v) is 9.45. The van der Waals surface area contributed by atoms with Gasteiger partial charge < -0.3 is 14.5 Å². The van der Waals surface area contributed by atoms with Gasteiger partial charge >= 0.3 is 5.97 Å². The summed E-state index contributed by atoms with van der Waals surface area (Å²) in [7, 11) is 0. The fraction of sp³-hybridized carbons (Fsp3) is 0.0476. The molecule has 0 radical (unpaired) electrons. The summed E-state index contributed by atoms with van der Waals surface area (Å²) in [5.41, 5.74) is 0.329. The van der Waals surface area contributed by atoms with Gasteiger partial charge in [0.05, 0.1) is 16.7 Å². The molecule has 8 nitrogen and oxygen atoms in total. The van der Waals surface area contributed by atoms with Gasteiger partial charge in [0.2, 0.25) is 0 Å². The SMILES string of the molecule is O=C(OCc1ccco1)/C(=C/c1cccc([N+](=O)[O-])c1)NC(=O)c1ccccc1Br. The number of nitro groups is 1. The number of nitro benzene ring substituents is 1. The molecule has 0 unspecified atom stereocenters. The highest BCUT2D eigenvalue weighted by molar-refractivity contribution is 9.10. The van der Waals surface area contributed by atoms with Crippen molar-refractivity contribution in [3.63, 3.8) is 0 Å². The Bertz CT molecular complexity index is 1110. The largest absolute Gasteiger partial charge is 0.466 e. The number of halogens is 1. The lowest BCUT2D eigenvalue weighted by Crippen LogP contribution is -2.28. The molecule has 152 valence electrons. The summed E-state index contributed by atoms with van der Waals surface area (Å²) in [5, 5.41) is 13.5. The number of amides is 1. The lowest BCUT2D eigenvalue weighted by molar-refractivity contribution is -0.384. The summed E-state index contributed by atoms with van der Waals surface area (Å²) in [5.74, 6) is -0.942. The molecule has 1 amide bonds. The van der Waals surface area contributed by atoms with Crippen molar-refractivity contribution in [1.82, 2.24) is 5.32 Å². The number of nitrogens with zero attached hydrogens (tertiary/aromatic N) is 1. The van der Waals surface area contributed by atoms with Crippen molar-refractivity contribution in [3.05, 3.63) is 104 Å². The van der Waals surface area contributed by atoms with E-state index in [1.807, 2.05) is 0 Å². The van der Waals surface area contributed by atoms with Crippen LogP contribution in [0.5, 0.6) is 0 Å². The molecule has 2 aromatic carbocycles. The molecule has 9 heteroatoms. The van der Waals surface area contributed by atoms with Crippen LogP contribution in [0, 0.1) is 10.1 Å². The number of benzene rings is 2. The molecule has 0 aliphatic carbocycles. The first kappa shape index (κ1) is 21.0. The second kappa shape index (κ2) is 9.66. The molecule has 0 saturated carbocycles. The molecule has 3 aromatic rings. The number of carbonyl (C=O) groups is 2. The van der Waals surface area contributed by atoms with E-state index in [1.165, 1.54) is 30.5 Å². The molecule has 1 heterocycles. The second-order valence-corrected chi connectivity index (χ2v) is 6.85. The van der Waals surface area contributed by atoms with Crippen molar-refractivity contribution in [1.29, 1.82) is 0 Å². The van der Waals surface area contributed by atoms with E-state index in [0.29, 0.717) is 21.4 Å². The standard InChI is InChI=1S/C21H15BrN2O6/c22-18-9-2-1-8-17(18)20(25)23-19(21(26)30-13-16-7-4-10-29-16)12-14-5-3-6-15(11-14)24(27)28/h1-12H,13H2,(H,23,25)/b19-12-. The maximum atomic E-state index is 12.7. The smallest absolute Gasteiger partial charge is 0.355 e. The lowest BCUT2D eigenvalue weighted by atomic mass is 10.1. The van der Waals surface area contributed by atoms with Gasteiger partial charge in [0, 0.05) is 16.6 Å². The minimum atomic E-state index is -0.821. The number of non-ortho nitro benzene ring substituents is 1. The molecule has 0 fully saturated rings. The Kier molecular flexibility index (Phi) is 6.76. The Morgan fingerprint density at radius 3 is 2.63 bits per heavy atom. The molecule has 0 bridgehead atoms. The van der Waals surface area contributed by atoms with E-state index < -0.39 is 16.8 Å². The Balaban J connectivity index is 1.88. The summed E-state index contributed by atoms with van der Waals surface area (Å²) in [6, 6.07) is 15.6. The van der Waals surface area contributed by atoms with E-state index in [-0.39, 0.29) is 18.0 Å². The van der Waals surface area contributed by atoms with E-state index in [0.717, 1.165) is 0 Å². The molecule has 1 N–H and O–H groups in total. The highest BCUT2D eigenvalue weighted by atomic mass is 79.9. The fourth-order valence-electron chi connectivity index (χ4n) is 2.48. The number of furan rings is 1. The molecule has 3 rings (SSSR count). The summed E-state index contributed by atoms with van der Waals surface area (Å²) in [6.07, 6.45) is 2.75. The monoisotopic (exact) mass is 470 g/mol. The van der Waals surface area contributed by atoms with Crippen molar-refractivity contribution in [3.8, 4) is 0 Å². The van der Waals surface area contributed by atoms with Gasteiger partial charge in [-0.15, -0.1) is 0 Å². The number of hydrogen-bond donors (Lipinski definition) is 1. The van der Waals surface area contributed by atoms with Gasteiger partial charge in [0.1, 0.15) is 18.1 Å². The number of carbonyl (C=O) groups excluding carboxylic acids is 2. The van der Waals surface area contributed by atoms with Crippen LogP contribution in [0.15, 0.2) is 81.5 Å². The first-order chi connectivity index (χ1) is 14.4. The van der Waals surface area contributed by atoms with Gasteiger partial charge in [-0.3, -0.25) is 14.9 Å². The molecular formula is C21H15BrN2O6. The fourth-order valence-corrected chi connectivity index (χ4v) is 2.95. The topological polar surface area (TPSA) is 112 Å². The van der Waals surface area contributed by atoms with Crippen LogP contribution in [-0.2, 0) is 16.1 Å². The molecule has 30 heavy (non-hydrogen) atoms. The zero-order valence-electron chi connectivity index (χ0n) is 15.4. The average Bonchev–Trinajstić information content (AvgIpc) is 3.25. The third-order valence-electron chi connectivity index (χ3n) is 3.90. The van der Waals surface area contributed by atoms with Crippen molar-refractivity contribution in [2.75, 3.05) is 0 Å². The molecule has 1 aromatic heterocycles. The Hall–Kier alpha value is -3.72. The van der Waals surface area contributed by atoms with Crippen LogP contribution in [0.3, 0.4) is 0 Å². The van der Waals surface area contributed by atoms with Crippen LogP contribution in [0.2, 0.25) is 0 Å². The third-order valence-corrected chi connectivity index (χ3v) is 4.60. The van der Waals surface area contributed by atoms with Gasteiger partial charge in [0.15, 0.2) is 0 Å². The minimum absolute atomic E-state index is 0.136. The van der Waals surface area contributed by atoms with Crippen LogP contribution < -0.4 is 5.32 Å². The van der Waals surface area contributed by atoms with E-state index in [4.69, 9.17) is 9.15 Å². The molecule has 0 spiro atoms. The van der Waals surface area contributed by atoms with Crippen molar-refractivity contribution in [2.45, 2.75) is 6.61 Å². The van der Waals surface area contributed by atoms with Gasteiger partial charge in [-0.05, 0) is 51.8 Å². The summed E-state index contributed by atoms with van der Waals surface area (Å²) >= 11 is 3.29. The number of nitrogens with one attached hydrogen (secondary N) is 1. The Morgan fingerprint density at radius 1 is 1.13 bits per heavy atom. The van der Waals surface area contributed by atoms with Gasteiger partial charge in [-0.25, -0.2) is 4.79 Å². The average molecular weight is 471 g/mol. The second-order valence-electron chi connectivity index (χ2n) is 6.00. The quantitative estimate of drug-likeness (QED) is 0.236. The minimum Gasteiger partial charge on any atom is -0.466 e. The van der Waals surface area contributed by atoms with Gasteiger partial charge in [-0.1, -0.05) is 24.3 Å². The number of ether oxygens (including phenoxy) is 1. The summed E-state index contributed by atoms with van der Waals surface area (Å²) in [4.78, 5) is 35.7. The van der Waals surface area contributed by atoms with Crippen LogP contribution in [0.25, 0.3) is 6.08 Å². The van der Waals surface area contributed by atoms with E-state index in [9.17, 15) is 19.7 Å². The van der Waals surface area contributed by atoms with Crippen LogP contribution in [0.1, 0.15) is 21.7 Å². The third kappa shape index (κ3) is 5.42. The van der Waals surface area contributed by atoms with Crippen molar-refractivity contribution >= 4 is 39.6 Å². The number of rotatable bonds is 7. The van der Waals surface area contributed by atoms with Crippen molar-refractivity contribution in [2.24, 2.45) is 0 Å². The van der Waals surface area contributed by atoms with Gasteiger partial charge in [-0.2, -0.15) is 0 Å². The van der Waals surface area contributed by atoms with Gasteiger partial charge in [0.25, 0.3) is 11.6 Å². The summed E-state index contributed by atoms with van der Waals surface area (Å²) in [6.45, 7) is -0.136. The van der Waals surface area contributed by atoms with E-state index >= 15 is 0 Å². The maximum Gasteiger partial charge on any atom is 0.355 e. The molecular weight excluding hydrogens is 456 g/mol. The lowest BCUT2D eigenvalue weighted by Gasteiger charge is -2.11. The normalized spacial score (nSPS) is 11.0. The predicted octanol–water partition coefficient (Wildman–Crippen LogP) is 4.46. The maximum absolute atomic E-state index is 12.7. The molecule has 0 aliphatic rings. The Morgan fingerprint density at radius 2 is 1.93 bits per heavy atom. The highest BCUT2D eigenvalue weighted by Gasteiger charge is 2.18. The van der Waals surface area contributed by atoms with E-state index in [2.05, 4.69) is 21.2 Å². The predicted molar refractivity (Wildman–Crippen MR) is 111 cm³/mol. The van der Waals surface area contributed by atoms with Crippen LogP contribution in [-0.4, -0.2) is 16.8 Å². The van der Waals surface area contributed by atoms with Crippen LogP contribution in [0.4, 0.5) is 5.69 Å².